The Morgan fingerprint density at radius 3 is 2.29 bits per heavy atom. The minimum atomic E-state index is -1.28. The quantitative estimate of drug-likeness (QED) is 0.751. The second-order valence-electron chi connectivity index (χ2n) is 5.29. The molecule has 1 aliphatic carbocycles. The zero-order chi connectivity index (χ0) is 10.2. The number of benzene rings is 1. The van der Waals surface area contributed by atoms with Gasteiger partial charge in [-0.2, -0.15) is 0 Å². The molecule has 1 fully saturated rings. The van der Waals surface area contributed by atoms with Crippen molar-refractivity contribution in [3.8, 4) is 0 Å². The van der Waals surface area contributed by atoms with Gasteiger partial charge in [-0.3, -0.25) is 0 Å². The van der Waals surface area contributed by atoms with Gasteiger partial charge < -0.3 is 5.73 Å². The first-order valence-electron chi connectivity index (χ1n) is 5.36. The SMILES string of the molecule is C[Si](C)(CC1(N)CC1)c1ccccc1. The van der Waals surface area contributed by atoms with Crippen molar-refractivity contribution >= 4 is 13.3 Å². The van der Waals surface area contributed by atoms with Crippen LogP contribution in [0.5, 0.6) is 0 Å². The highest BCUT2D eigenvalue weighted by Gasteiger charge is 2.43. The van der Waals surface area contributed by atoms with Crippen LogP contribution in [0.4, 0.5) is 0 Å². The van der Waals surface area contributed by atoms with E-state index in [-0.39, 0.29) is 5.54 Å². The molecule has 0 aromatic heterocycles. The third-order valence-corrected chi connectivity index (χ3v) is 6.73. The summed E-state index contributed by atoms with van der Waals surface area (Å²) in [7, 11) is -1.28. The lowest BCUT2D eigenvalue weighted by Crippen LogP contribution is -2.46. The van der Waals surface area contributed by atoms with Crippen LogP contribution < -0.4 is 10.9 Å². The molecule has 0 bridgehead atoms. The molecule has 0 amide bonds. The van der Waals surface area contributed by atoms with Crippen LogP contribution >= 0.6 is 0 Å². The highest BCUT2D eigenvalue weighted by molar-refractivity contribution is 6.90. The Balaban J connectivity index is 2.15. The Hall–Kier alpha value is -0.603. The highest BCUT2D eigenvalue weighted by Crippen LogP contribution is 2.39. The molecule has 2 rings (SSSR count). The normalized spacial score (nSPS) is 19.4. The van der Waals surface area contributed by atoms with Gasteiger partial charge in [0.2, 0.25) is 0 Å². The van der Waals surface area contributed by atoms with Gasteiger partial charge in [-0.1, -0.05) is 48.6 Å². The molecule has 1 saturated carbocycles. The molecule has 0 unspecified atom stereocenters. The fourth-order valence-corrected chi connectivity index (χ4v) is 5.62. The first kappa shape index (κ1) is 9.93. The van der Waals surface area contributed by atoms with Gasteiger partial charge in [0.1, 0.15) is 0 Å². The van der Waals surface area contributed by atoms with Crippen LogP contribution in [-0.4, -0.2) is 13.6 Å². The molecule has 0 aliphatic heterocycles. The van der Waals surface area contributed by atoms with E-state index in [9.17, 15) is 0 Å². The second kappa shape index (κ2) is 3.21. The van der Waals surface area contributed by atoms with Gasteiger partial charge in [0, 0.05) is 5.54 Å². The van der Waals surface area contributed by atoms with Crippen molar-refractivity contribution in [2.75, 3.05) is 0 Å². The minimum Gasteiger partial charge on any atom is -0.325 e. The molecule has 0 atom stereocenters. The van der Waals surface area contributed by atoms with Crippen molar-refractivity contribution in [2.45, 2.75) is 37.5 Å². The lowest BCUT2D eigenvalue weighted by Gasteiger charge is -2.26. The van der Waals surface area contributed by atoms with E-state index < -0.39 is 8.07 Å². The van der Waals surface area contributed by atoms with Crippen LogP contribution in [0.1, 0.15) is 12.8 Å². The van der Waals surface area contributed by atoms with E-state index >= 15 is 0 Å². The number of hydrogen-bond donors (Lipinski definition) is 1. The zero-order valence-electron chi connectivity index (χ0n) is 9.09. The molecular weight excluding hydrogens is 186 g/mol. The number of hydrogen-bond acceptors (Lipinski definition) is 1. The van der Waals surface area contributed by atoms with Gasteiger partial charge >= 0.3 is 0 Å². The van der Waals surface area contributed by atoms with E-state index in [2.05, 4.69) is 43.4 Å². The van der Waals surface area contributed by atoms with Gasteiger partial charge in [-0.05, 0) is 18.9 Å². The van der Waals surface area contributed by atoms with Crippen molar-refractivity contribution in [3.05, 3.63) is 30.3 Å². The average Bonchev–Trinajstić information content (AvgIpc) is 2.84. The fourth-order valence-electron chi connectivity index (χ4n) is 2.21. The highest BCUT2D eigenvalue weighted by atomic mass is 28.3. The average molecular weight is 205 g/mol. The van der Waals surface area contributed by atoms with Gasteiger partial charge in [0.25, 0.3) is 0 Å². The maximum absolute atomic E-state index is 6.20. The van der Waals surface area contributed by atoms with Gasteiger partial charge in [-0.25, -0.2) is 0 Å². The molecule has 0 spiro atoms. The number of rotatable bonds is 3. The van der Waals surface area contributed by atoms with Crippen molar-refractivity contribution in [1.29, 1.82) is 0 Å². The monoisotopic (exact) mass is 205 g/mol. The van der Waals surface area contributed by atoms with Gasteiger partial charge in [-0.15, -0.1) is 0 Å². The Morgan fingerprint density at radius 1 is 1.21 bits per heavy atom. The molecule has 1 aromatic rings. The molecule has 14 heavy (non-hydrogen) atoms. The summed E-state index contributed by atoms with van der Waals surface area (Å²) in [6.45, 7) is 4.85. The number of nitrogens with two attached hydrogens (primary N) is 1. The minimum absolute atomic E-state index is 0.200. The maximum Gasteiger partial charge on any atom is 0.0824 e. The van der Waals surface area contributed by atoms with E-state index in [0.29, 0.717) is 0 Å². The van der Waals surface area contributed by atoms with E-state index in [1.807, 2.05) is 0 Å². The van der Waals surface area contributed by atoms with Crippen LogP contribution in [0.15, 0.2) is 30.3 Å². The molecule has 0 radical (unpaired) electrons. The summed E-state index contributed by atoms with van der Waals surface area (Å²) >= 11 is 0. The molecule has 1 nitrogen and oxygen atoms in total. The molecule has 1 aliphatic rings. The summed E-state index contributed by atoms with van der Waals surface area (Å²) < 4.78 is 0. The summed E-state index contributed by atoms with van der Waals surface area (Å²) in [6, 6.07) is 12.1. The smallest absolute Gasteiger partial charge is 0.0824 e. The van der Waals surface area contributed by atoms with E-state index in [1.54, 1.807) is 0 Å². The first-order valence-corrected chi connectivity index (χ1v) is 8.57. The third kappa shape index (κ3) is 2.07. The van der Waals surface area contributed by atoms with E-state index in [1.165, 1.54) is 24.1 Å². The molecule has 2 heteroatoms. The molecule has 0 saturated heterocycles. The van der Waals surface area contributed by atoms with Gasteiger partial charge in [0.15, 0.2) is 0 Å². The molecular formula is C12H19NSi. The predicted molar refractivity (Wildman–Crippen MR) is 64.5 cm³/mol. The Labute approximate surface area is 87.3 Å². The van der Waals surface area contributed by atoms with Crippen molar-refractivity contribution in [3.63, 3.8) is 0 Å². The van der Waals surface area contributed by atoms with E-state index in [0.717, 1.165) is 0 Å². The Morgan fingerprint density at radius 2 is 1.79 bits per heavy atom. The lowest BCUT2D eigenvalue weighted by atomic mass is 10.3. The Kier molecular flexibility index (Phi) is 2.28. The molecule has 0 heterocycles. The van der Waals surface area contributed by atoms with E-state index in [4.69, 9.17) is 5.73 Å². The van der Waals surface area contributed by atoms with Crippen LogP contribution in [0.3, 0.4) is 0 Å². The van der Waals surface area contributed by atoms with Crippen molar-refractivity contribution in [2.24, 2.45) is 5.73 Å². The van der Waals surface area contributed by atoms with Crippen LogP contribution in [0.2, 0.25) is 19.1 Å². The summed E-state index contributed by atoms with van der Waals surface area (Å²) in [4.78, 5) is 0. The fraction of sp³-hybridized carbons (Fsp3) is 0.500. The summed E-state index contributed by atoms with van der Waals surface area (Å²) in [5.41, 5.74) is 6.40. The lowest BCUT2D eigenvalue weighted by molar-refractivity contribution is 0.748. The Bertz CT molecular complexity index is 314. The summed E-state index contributed by atoms with van der Waals surface area (Å²) in [6.07, 6.45) is 2.46. The topological polar surface area (TPSA) is 26.0 Å². The van der Waals surface area contributed by atoms with Gasteiger partial charge in [0.05, 0.1) is 8.07 Å². The van der Waals surface area contributed by atoms with Crippen molar-refractivity contribution < 1.29 is 0 Å². The summed E-state index contributed by atoms with van der Waals surface area (Å²) in [5, 5.41) is 1.54. The third-order valence-electron chi connectivity index (χ3n) is 3.24. The van der Waals surface area contributed by atoms with Crippen LogP contribution in [0.25, 0.3) is 0 Å². The molecule has 2 N–H and O–H groups in total. The summed E-state index contributed by atoms with van der Waals surface area (Å²) in [5.74, 6) is 0. The largest absolute Gasteiger partial charge is 0.325 e. The van der Waals surface area contributed by atoms with Crippen LogP contribution in [0, 0.1) is 0 Å². The zero-order valence-corrected chi connectivity index (χ0v) is 10.1. The first-order chi connectivity index (χ1) is 6.52. The maximum atomic E-state index is 6.20. The van der Waals surface area contributed by atoms with Crippen LogP contribution in [-0.2, 0) is 0 Å². The molecule has 1 aromatic carbocycles. The second-order valence-corrected chi connectivity index (χ2v) is 9.99. The predicted octanol–water partition coefficient (Wildman–Crippen LogP) is 2.09. The standard InChI is InChI=1S/C12H19NSi/c1-14(2,10-12(13)8-9-12)11-6-4-3-5-7-11/h3-7H,8-10,13H2,1-2H3. The van der Waals surface area contributed by atoms with Crippen molar-refractivity contribution in [1.82, 2.24) is 0 Å². The molecule has 76 valence electrons.